The van der Waals surface area contributed by atoms with Crippen LogP contribution in [-0.2, 0) is 17.9 Å². The first-order valence-electron chi connectivity index (χ1n) is 5.14. The van der Waals surface area contributed by atoms with Crippen molar-refractivity contribution in [3.8, 4) is 11.5 Å². The second-order valence-electron chi connectivity index (χ2n) is 3.50. The van der Waals surface area contributed by atoms with E-state index < -0.39 is 12.6 Å². The van der Waals surface area contributed by atoms with E-state index in [1.54, 1.807) is 6.07 Å². The maximum atomic E-state index is 12.8. The highest BCUT2D eigenvalue weighted by atomic mass is 19.1. The maximum absolute atomic E-state index is 12.8. The highest BCUT2D eigenvalue weighted by Gasteiger charge is 2.12. The summed E-state index contributed by atoms with van der Waals surface area (Å²) in [7, 11) is 2.95. The SMILES string of the molecule is COc1cc(CF)c(CCC(=O)O)cc1OC. The van der Waals surface area contributed by atoms with Gasteiger partial charge in [-0.2, -0.15) is 0 Å². The molecule has 0 saturated heterocycles. The van der Waals surface area contributed by atoms with Gasteiger partial charge < -0.3 is 14.6 Å². The van der Waals surface area contributed by atoms with Gasteiger partial charge in [0.2, 0.25) is 0 Å². The lowest BCUT2D eigenvalue weighted by molar-refractivity contribution is -0.136. The molecule has 4 nitrogen and oxygen atoms in total. The largest absolute Gasteiger partial charge is 0.493 e. The molecule has 0 bridgehead atoms. The fraction of sp³-hybridized carbons (Fsp3) is 0.417. The van der Waals surface area contributed by atoms with E-state index in [1.807, 2.05) is 0 Å². The number of carboxylic acids is 1. The fourth-order valence-electron chi connectivity index (χ4n) is 1.56. The molecule has 0 fully saturated rings. The molecule has 1 aromatic carbocycles. The molecule has 1 N–H and O–H groups in total. The summed E-state index contributed by atoms with van der Waals surface area (Å²) in [6.45, 7) is -0.657. The first-order chi connectivity index (χ1) is 8.12. The van der Waals surface area contributed by atoms with E-state index in [-0.39, 0.29) is 12.8 Å². The van der Waals surface area contributed by atoms with E-state index in [0.29, 0.717) is 22.6 Å². The molecule has 0 aliphatic heterocycles. The summed E-state index contributed by atoms with van der Waals surface area (Å²) < 4.78 is 23.0. The number of methoxy groups -OCH3 is 2. The summed E-state index contributed by atoms with van der Waals surface area (Å²) >= 11 is 0. The van der Waals surface area contributed by atoms with Gasteiger partial charge in [0.15, 0.2) is 11.5 Å². The lowest BCUT2D eigenvalue weighted by Crippen LogP contribution is -2.02. The van der Waals surface area contributed by atoms with Crippen LogP contribution in [0.2, 0.25) is 0 Å². The Kier molecular flexibility index (Phi) is 4.75. The molecule has 0 aliphatic carbocycles. The number of benzene rings is 1. The van der Waals surface area contributed by atoms with Crippen LogP contribution in [0.1, 0.15) is 17.5 Å². The number of hydrogen-bond acceptors (Lipinski definition) is 3. The lowest BCUT2D eigenvalue weighted by Gasteiger charge is -2.12. The highest BCUT2D eigenvalue weighted by molar-refractivity contribution is 5.67. The predicted molar refractivity (Wildman–Crippen MR) is 60.3 cm³/mol. The zero-order chi connectivity index (χ0) is 12.8. The van der Waals surface area contributed by atoms with E-state index in [4.69, 9.17) is 14.6 Å². The van der Waals surface area contributed by atoms with Gasteiger partial charge in [-0.3, -0.25) is 4.79 Å². The summed E-state index contributed by atoms with van der Waals surface area (Å²) in [4.78, 5) is 10.5. The molecule has 1 rings (SSSR count). The van der Waals surface area contributed by atoms with Gasteiger partial charge in [0.05, 0.1) is 14.2 Å². The van der Waals surface area contributed by atoms with Gasteiger partial charge in [-0.25, -0.2) is 4.39 Å². The monoisotopic (exact) mass is 242 g/mol. The lowest BCUT2D eigenvalue weighted by atomic mass is 10.0. The van der Waals surface area contributed by atoms with Crippen molar-refractivity contribution in [2.45, 2.75) is 19.5 Å². The zero-order valence-electron chi connectivity index (χ0n) is 9.83. The van der Waals surface area contributed by atoms with Crippen molar-refractivity contribution in [3.63, 3.8) is 0 Å². The molecular weight excluding hydrogens is 227 g/mol. The van der Waals surface area contributed by atoms with Crippen LogP contribution >= 0.6 is 0 Å². The minimum atomic E-state index is -0.912. The van der Waals surface area contributed by atoms with Crippen LogP contribution in [0.3, 0.4) is 0 Å². The van der Waals surface area contributed by atoms with Gasteiger partial charge in [-0.1, -0.05) is 0 Å². The van der Waals surface area contributed by atoms with E-state index >= 15 is 0 Å². The third-order valence-corrected chi connectivity index (χ3v) is 2.46. The average molecular weight is 242 g/mol. The first-order valence-corrected chi connectivity index (χ1v) is 5.14. The minimum Gasteiger partial charge on any atom is -0.493 e. The molecule has 0 atom stereocenters. The number of aliphatic carboxylic acids is 1. The molecule has 5 heteroatoms. The number of aryl methyl sites for hydroxylation is 1. The van der Waals surface area contributed by atoms with Crippen molar-refractivity contribution in [1.29, 1.82) is 0 Å². The number of rotatable bonds is 6. The van der Waals surface area contributed by atoms with Gasteiger partial charge in [-0.15, -0.1) is 0 Å². The van der Waals surface area contributed by atoms with Crippen molar-refractivity contribution in [3.05, 3.63) is 23.3 Å². The molecular formula is C12H15FO4. The van der Waals surface area contributed by atoms with Gasteiger partial charge in [0.1, 0.15) is 6.67 Å². The molecule has 0 radical (unpaired) electrons. The molecule has 0 saturated carbocycles. The van der Waals surface area contributed by atoms with Crippen LogP contribution in [0.15, 0.2) is 12.1 Å². The van der Waals surface area contributed by atoms with Crippen LogP contribution in [-0.4, -0.2) is 25.3 Å². The summed E-state index contributed by atoms with van der Waals surface area (Å²) in [5, 5.41) is 8.62. The van der Waals surface area contributed by atoms with Gasteiger partial charge in [0, 0.05) is 6.42 Å². The summed E-state index contributed by atoms with van der Waals surface area (Å²) in [6, 6.07) is 3.16. The number of halogens is 1. The summed E-state index contributed by atoms with van der Waals surface area (Å²) in [6.07, 6.45) is 0.234. The molecule has 0 aliphatic rings. The molecule has 0 unspecified atom stereocenters. The van der Waals surface area contributed by atoms with Gasteiger partial charge in [0.25, 0.3) is 0 Å². The van der Waals surface area contributed by atoms with Crippen LogP contribution in [0.5, 0.6) is 11.5 Å². The summed E-state index contributed by atoms with van der Waals surface area (Å²) in [5.41, 5.74) is 1.07. The fourth-order valence-corrected chi connectivity index (χ4v) is 1.56. The molecule has 1 aromatic rings. The number of ether oxygens (including phenoxy) is 2. The predicted octanol–water partition coefficient (Wildman–Crippen LogP) is 2.19. The van der Waals surface area contributed by atoms with E-state index in [1.165, 1.54) is 20.3 Å². The van der Waals surface area contributed by atoms with Crippen LogP contribution < -0.4 is 9.47 Å². The Morgan fingerprint density at radius 1 is 1.24 bits per heavy atom. The Bertz CT molecular complexity index is 404. The number of carboxylic acid groups (broad SMARTS) is 1. The van der Waals surface area contributed by atoms with Crippen LogP contribution in [0.25, 0.3) is 0 Å². The molecule has 0 spiro atoms. The van der Waals surface area contributed by atoms with Gasteiger partial charge in [-0.05, 0) is 29.7 Å². The van der Waals surface area contributed by atoms with Crippen LogP contribution in [0, 0.1) is 0 Å². The normalized spacial score (nSPS) is 10.1. The third kappa shape index (κ3) is 3.34. The number of carbonyl (C=O) groups is 1. The number of hydrogen-bond donors (Lipinski definition) is 1. The Morgan fingerprint density at radius 2 is 1.76 bits per heavy atom. The Balaban J connectivity index is 3.05. The van der Waals surface area contributed by atoms with E-state index in [2.05, 4.69) is 0 Å². The van der Waals surface area contributed by atoms with Crippen LogP contribution in [0.4, 0.5) is 4.39 Å². The third-order valence-electron chi connectivity index (χ3n) is 2.46. The Hall–Kier alpha value is -1.78. The van der Waals surface area contributed by atoms with Crippen molar-refractivity contribution in [1.82, 2.24) is 0 Å². The van der Waals surface area contributed by atoms with Crippen molar-refractivity contribution in [2.75, 3.05) is 14.2 Å². The second kappa shape index (κ2) is 6.08. The molecule has 94 valence electrons. The quantitative estimate of drug-likeness (QED) is 0.830. The number of alkyl halides is 1. The van der Waals surface area contributed by atoms with E-state index in [0.717, 1.165) is 0 Å². The summed E-state index contributed by atoms with van der Waals surface area (Å²) in [5.74, 6) is 0.00825. The second-order valence-corrected chi connectivity index (χ2v) is 3.50. The smallest absolute Gasteiger partial charge is 0.303 e. The van der Waals surface area contributed by atoms with Crippen molar-refractivity contribution >= 4 is 5.97 Å². The van der Waals surface area contributed by atoms with Gasteiger partial charge >= 0.3 is 5.97 Å². The average Bonchev–Trinajstić information content (AvgIpc) is 2.34. The molecule has 0 amide bonds. The first kappa shape index (κ1) is 13.3. The standard InChI is InChI=1S/C12H15FO4/c1-16-10-5-8(3-4-12(14)15)9(7-13)6-11(10)17-2/h5-6H,3-4,7H2,1-2H3,(H,14,15). The topological polar surface area (TPSA) is 55.8 Å². The van der Waals surface area contributed by atoms with Crippen molar-refractivity contribution < 1.29 is 23.8 Å². The molecule has 0 aromatic heterocycles. The minimum absolute atomic E-state index is 0.0392. The molecule has 0 heterocycles. The Labute approximate surface area is 99.0 Å². The maximum Gasteiger partial charge on any atom is 0.303 e. The Morgan fingerprint density at radius 3 is 2.18 bits per heavy atom. The highest BCUT2D eigenvalue weighted by Crippen LogP contribution is 2.31. The van der Waals surface area contributed by atoms with E-state index in [9.17, 15) is 9.18 Å². The zero-order valence-corrected chi connectivity index (χ0v) is 9.83. The molecule has 17 heavy (non-hydrogen) atoms. The van der Waals surface area contributed by atoms with Crippen molar-refractivity contribution in [2.24, 2.45) is 0 Å².